The molecule has 140 valence electrons. The maximum Gasteiger partial charge on any atom is 0.142 e. The summed E-state index contributed by atoms with van der Waals surface area (Å²) in [6, 6.07) is 10.6. The van der Waals surface area contributed by atoms with Crippen molar-refractivity contribution in [1.82, 2.24) is 19.9 Å². The van der Waals surface area contributed by atoms with E-state index in [-0.39, 0.29) is 0 Å². The van der Waals surface area contributed by atoms with Crippen molar-refractivity contribution in [1.29, 1.82) is 0 Å². The van der Waals surface area contributed by atoms with Gasteiger partial charge in [-0.25, -0.2) is 9.97 Å². The van der Waals surface area contributed by atoms with Gasteiger partial charge in [-0.1, -0.05) is 6.58 Å². The molecule has 0 atom stereocenters. The third-order valence-electron chi connectivity index (χ3n) is 5.48. The monoisotopic (exact) mass is 363 g/mol. The highest BCUT2D eigenvalue weighted by Gasteiger charge is 2.25. The number of aromatic amines is 1. The van der Waals surface area contributed by atoms with E-state index >= 15 is 0 Å². The average molecular weight is 363 g/mol. The first kappa shape index (κ1) is 17.4. The van der Waals surface area contributed by atoms with Gasteiger partial charge in [0.15, 0.2) is 0 Å². The standard InChI is InChI=1S/C21H25N5O/c1-15(16-4-6-18(27-3)7-5-16)26-12-9-17(10-13-26)25(2)21-19-8-11-22-20(19)23-14-24-21/h4-8,11,14,17H,1,9-10,12-13H2,2-3H3,(H,22,23,24). The molecule has 0 unspecified atom stereocenters. The lowest BCUT2D eigenvalue weighted by molar-refractivity contribution is 0.295. The SMILES string of the molecule is C=C(c1ccc(OC)cc1)N1CCC(N(C)c2ncnc3[nH]ccc23)CC1. The Labute approximate surface area is 159 Å². The number of ether oxygens (including phenoxy) is 1. The lowest BCUT2D eigenvalue weighted by atomic mass is 10.0. The third-order valence-corrected chi connectivity index (χ3v) is 5.48. The van der Waals surface area contributed by atoms with Gasteiger partial charge in [-0.2, -0.15) is 0 Å². The zero-order chi connectivity index (χ0) is 18.8. The molecule has 3 heterocycles. The third kappa shape index (κ3) is 3.35. The van der Waals surface area contributed by atoms with E-state index in [2.05, 4.69) is 50.5 Å². The first-order chi connectivity index (χ1) is 13.2. The molecular weight excluding hydrogens is 338 g/mol. The van der Waals surface area contributed by atoms with Crippen molar-refractivity contribution < 1.29 is 4.74 Å². The van der Waals surface area contributed by atoms with Gasteiger partial charge in [-0.3, -0.25) is 0 Å². The van der Waals surface area contributed by atoms with Crippen molar-refractivity contribution in [2.24, 2.45) is 0 Å². The van der Waals surface area contributed by atoms with E-state index < -0.39 is 0 Å². The Hall–Kier alpha value is -3.02. The van der Waals surface area contributed by atoms with Gasteiger partial charge < -0.3 is 19.5 Å². The van der Waals surface area contributed by atoms with Crippen LogP contribution in [0.1, 0.15) is 18.4 Å². The molecule has 1 N–H and O–H groups in total. The molecule has 0 saturated carbocycles. The molecule has 1 saturated heterocycles. The largest absolute Gasteiger partial charge is 0.497 e. The Kier molecular flexibility index (Phi) is 4.71. The van der Waals surface area contributed by atoms with Crippen LogP contribution in [0.2, 0.25) is 0 Å². The van der Waals surface area contributed by atoms with Crippen molar-refractivity contribution in [3.05, 3.63) is 55.0 Å². The van der Waals surface area contributed by atoms with Crippen LogP contribution in [0.5, 0.6) is 5.75 Å². The van der Waals surface area contributed by atoms with Gasteiger partial charge in [-0.05, 0) is 48.7 Å². The normalized spacial score (nSPS) is 15.1. The summed E-state index contributed by atoms with van der Waals surface area (Å²) >= 11 is 0. The van der Waals surface area contributed by atoms with Crippen LogP contribution in [-0.2, 0) is 0 Å². The van der Waals surface area contributed by atoms with Crippen molar-refractivity contribution in [3.63, 3.8) is 0 Å². The van der Waals surface area contributed by atoms with Crippen LogP contribution in [0.3, 0.4) is 0 Å². The molecule has 2 aromatic heterocycles. The zero-order valence-electron chi connectivity index (χ0n) is 15.9. The van der Waals surface area contributed by atoms with Crippen molar-refractivity contribution >= 4 is 22.5 Å². The number of nitrogens with one attached hydrogen (secondary N) is 1. The number of anilines is 1. The van der Waals surface area contributed by atoms with Crippen LogP contribution in [0.15, 0.2) is 49.4 Å². The van der Waals surface area contributed by atoms with Crippen molar-refractivity contribution in [2.75, 3.05) is 32.1 Å². The highest BCUT2D eigenvalue weighted by Crippen LogP contribution is 2.29. The smallest absolute Gasteiger partial charge is 0.142 e. The van der Waals surface area contributed by atoms with Crippen LogP contribution >= 0.6 is 0 Å². The Balaban J connectivity index is 1.42. The van der Waals surface area contributed by atoms with Gasteiger partial charge in [0, 0.05) is 38.1 Å². The molecule has 0 bridgehead atoms. The molecule has 3 aromatic rings. The molecule has 1 aliphatic rings. The minimum absolute atomic E-state index is 0.456. The van der Waals surface area contributed by atoms with Gasteiger partial charge in [0.1, 0.15) is 23.5 Å². The van der Waals surface area contributed by atoms with Gasteiger partial charge >= 0.3 is 0 Å². The van der Waals surface area contributed by atoms with Gasteiger partial charge in [-0.15, -0.1) is 0 Å². The number of hydrogen-bond donors (Lipinski definition) is 1. The zero-order valence-corrected chi connectivity index (χ0v) is 15.9. The number of benzene rings is 1. The van der Waals surface area contributed by atoms with Crippen LogP contribution in [-0.4, -0.2) is 53.1 Å². The first-order valence-electron chi connectivity index (χ1n) is 9.26. The second-order valence-electron chi connectivity index (χ2n) is 6.94. The Morgan fingerprint density at radius 2 is 1.93 bits per heavy atom. The highest BCUT2D eigenvalue weighted by atomic mass is 16.5. The molecule has 4 rings (SSSR count). The lowest BCUT2D eigenvalue weighted by Gasteiger charge is -2.39. The fourth-order valence-corrected chi connectivity index (χ4v) is 3.80. The Morgan fingerprint density at radius 3 is 2.63 bits per heavy atom. The van der Waals surface area contributed by atoms with Crippen LogP contribution in [0, 0.1) is 0 Å². The summed E-state index contributed by atoms with van der Waals surface area (Å²) < 4.78 is 5.24. The highest BCUT2D eigenvalue weighted by molar-refractivity contribution is 5.87. The maximum absolute atomic E-state index is 5.24. The molecule has 0 spiro atoms. The number of methoxy groups -OCH3 is 1. The number of piperidine rings is 1. The summed E-state index contributed by atoms with van der Waals surface area (Å²) in [4.78, 5) is 16.6. The van der Waals surface area contributed by atoms with E-state index in [1.165, 1.54) is 0 Å². The fourth-order valence-electron chi connectivity index (χ4n) is 3.80. The number of fused-ring (bicyclic) bond motifs is 1. The summed E-state index contributed by atoms with van der Waals surface area (Å²) in [6.45, 7) is 6.29. The van der Waals surface area contributed by atoms with E-state index in [4.69, 9.17) is 4.74 Å². The molecule has 6 heteroatoms. The van der Waals surface area contributed by atoms with E-state index in [9.17, 15) is 0 Å². The van der Waals surface area contributed by atoms with Crippen LogP contribution in [0.25, 0.3) is 16.7 Å². The molecule has 0 amide bonds. The van der Waals surface area contributed by atoms with Gasteiger partial charge in [0.05, 0.1) is 12.5 Å². The topological polar surface area (TPSA) is 57.3 Å². The van der Waals surface area contributed by atoms with E-state index in [0.717, 1.165) is 59.8 Å². The molecule has 1 aromatic carbocycles. The number of aromatic nitrogens is 3. The summed E-state index contributed by atoms with van der Waals surface area (Å²) in [6.07, 6.45) is 5.69. The molecule has 6 nitrogen and oxygen atoms in total. The van der Waals surface area contributed by atoms with E-state index in [1.54, 1.807) is 13.4 Å². The Bertz CT molecular complexity index is 925. The molecule has 0 aliphatic carbocycles. The number of rotatable bonds is 5. The quantitative estimate of drug-likeness (QED) is 0.751. The van der Waals surface area contributed by atoms with E-state index in [1.807, 2.05) is 24.4 Å². The minimum atomic E-state index is 0.456. The summed E-state index contributed by atoms with van der Waals surface area (Å²) in [5.74, 6) is 1.86. The number of likely N-dealkylation sites (tertiary alicyclic amines) is 1. The number of nitrogens with zero attached hydrogens (tertiary/aromatic N) is 4. The predicted molar refractivity (Wildman–Crippen MR) is 109 cm³/mol. The summed E-state index contributed by atoms with van der Waals surface area (Å²) in [5.41, 5.74) is 3.11. The van der Waals surface area contributed by atoms with Crippen LogP contribution in [0.4, 0.5) is 5.82 Å². The average Bonchev–Trinajstić information content (AvgIpc) is 3.22. The van der Waals surface area contributed by atoms with Crippen LogP contribution < -0.4 is 9.64 Å². The van der Waals surface area contributed by atoms with Gasteiger partial charge in [0.2, 0.25) is 0 Å². The predicted octanol–water partition coefficient (Wildman–Crippen LogP) is 3.54. The summed E-state index contributed by atoms with van der Waals surface area (Å²) in [7, 11) is 3.82. The molecule has 1 fully saturated rings. The molecule has 1 aliphatic heterocycles. The fraction of sp³-hybridized carbons (Fsp3) is 0.333. The first-order valence-corrected chi connectivity index (χ1v) is 9.26. The second kappa shape index (κ2) is 7.31. The number of H-pyrrole nitrogens is 1. The van der Waals surface area contributed by atoms with Gasteiger partial charge in [0.25, 0.3) is 0 Å². The number of hydrogen-bond acceptors (Lipinski definition) is 5. The van der Waals surface area contributed by atoms with E-state index in [0.29, 0.717) is 6.04 Å². The lowest BCUT2D eigenvalue weighted by Crippen LogP contribution is -2.43. The maximum atomic E-state index is 5.24. The minimum Gasteiger partial charge on any atom is -0.497 e. The Morgan fingerprint density at radius 1 is 1.19 bits per heavy atom. The van der Waals surface area contributed by atoms with Crippen molar-refractivity contribution in [3.8, 4) is 5.75 Å². The molecule has 0 radical (unpaired) electrons. The second-order valence-corrected chi connectivity index (χ2v) is 6.94. The van der Waals surface area contributed by atoms with Crippen molar-refractivity contribution in [2.45, 2.75) is 18.9 Å². The molecular formula is C21H25N5O. The summed E-state index contributed by atoms with van der Waals surface area (Å²) in [5, 5.41) is 1.07. The molecule has 27 heavy (non-hydrogen) atoms.